The van der Waals surface area contributed by atoms with Crippen LogP contribution >= 0.6 is 0 Å². The van der Waals surface area contributed by atoms with E-state index in [4.69, 9.17) is 10.8 Å². The molecule has 0 aliphatic carbocycles. The molecule has 4 nitrogen and oxygen atoms in total. The van der Waals surface area contributed by atoms with Crippen LogP contribution in [0.3, 0.4) is 0 Å². The van der Waals surface area contributed by atoms with Crippen molar-refractivity contribution in [3.05, 3.63) is 34.2 Å². The highest BCUT2D eigenvalue weighted by Crippen LogP contribution is 1.97. The van der Waals surface area contributed by atoms with E-state index in [1.807, 2.05) is 0 Å². The maximum Gasteiger partial charge on any atom is 0.248 e. The van der Waals surface area contributed by atoms with Gasteiger partial charge in [0, 0.05) is 6.07 Å². The molecule has 1 atom stereocenters. The number of nitrogens with one attached hydrogen (secondary N) is 1. The SMILES string of the molecule is NC(O)c1cccc(=O)[nH]1. The summed E-state index contributed by atoms with van der Waals surface area (Å²) in [4.78, 5) is 12.9. The van der Waals surface area contributed by atoms with Crippen molar-refractivity contribution < 1.29 is 5.11 Å². The summed E-state index contributed by atoms with van der Waals surface area (Å²) >= 11 is 0. The molecule has 0 amide bonds. The lowest BCUT2D eigenvalue weighted by Gasteiger charge is -2.01. The normalized spacial score (nSPS) is 13.0. The summed E-state index contributed by atoms with van der Waals surface area (Å²) in [6.07, 6.45) is -1.10. The molecule has 0 spiro atoms. The van der Waals surface area contributed by atoms with Crippen LogP contribution in [0.5, 0.6) is 0 Å². The third kappa shape index (κ3) is 1.43. The maximum absolute atomic E-state index is 10.6. The van der Waals surface area contributed by atoms with Gasteiger partial charge in [-0.3, -0.25) is 4.79 Å². The molecule has 0 bridgehead atoms. The molecular formula is C6H8N2O2. The van der Waals surface area contributed by atoms with E-state index in [9.17, 15) is 4.79 Å². The van der Waals surface area contributed by atoms with Crippen LogP contribution in [-0.2, 0) is 0 Å². The van der Waals surface area contributed by atoms with Gasteiger partial charge in [0.05, 0.1) is 5.69 Å². The highest BCUT2D eigenvalue weighted by molar-refractivity contribution is 5.05. The topological polar surface area (TPSA) is 79.1 Å². The zero-order chi connectivity index (χ0) is 7.56. The van der Waals surface area contributed by atoms with E-state index in [2.05, 4.69) is 4.98 Å². The molecule has 1 heterocycles. The average Bonchev–Trinajstić information content (AvgIpc) is 1.88. The Kier molecular flexibility index (Phi) is 1.84. The monoisotopic (exact) mass is 140 g/mol. The quantitative estimate of drug-likeness (QED) is 0.452. The Morgan fingerprint density at radius 3 is 2.70 bits per heavy atom. The van der Waals surface area contributed by atoms with E-state index in [-0.39, 0.29) is 5.56 Å². The number of nitrogens with two attached hydrogens (primary N) is 1. The van der Waals surface area contributed by atoms with Crippen LogP contribution in [0.4, 0.5) is 0 Å². The molecule has 0 aromatic carbocycles. The first-order valence-electron chi connectivity index (χ1n) is 2.83. The molecular weight excluding hydrogens is 132 g/mol. The molecule has 4 heteroatoms. The number of H-pyrrole nitrogens is 1. The summed E-state index contributed by atoms with van der Waals surface area (Å²) in [6.45, 7) is 0. The van der Waals surface area contributed by atoms with E-state index in [1.165, 1.54) is 12.1 Å². The standard InChI is InChI=1S/C6H8N2O2/c7-6(10)4-2-1-3-5(9)8-4/h1-3,6,10H,7H2,(H,8,9). The second-order valence-corrected chi connectivity index (χ2v) is 1.92. The van der Waals surface area contributed by atoms with Gasteiger partial charge in [0.1, 0.15) is 6.23 Å². The fourth-order valence-corrected chi connectivity index (χ4v) is 0.637. The summed E-state index contributed by atoms with van der Waals surface area (Å²) in [7, 11) is 0. The Hall–Kier alpha value is -1.13. The Labute approximate surface area is 57.3 Å². The number of aliphatic hydroxyl groups excluding tert-OH is 1. The molecule has 10 heavy (non-hydrogen) atoms. The predicted molar refractivity (Wildman–Crippen MR) is 36.2 cm³/mol. The molecule has 4 N–H and O–H groups in total. The first kappa shape index (κ1) is 6.98. The smallest absolute Gasteiger partial charge is 0.248 e. The number of aromatic amines is 1. The van der Waals surface area contributed by atoms with Crippen LogP contribution in [0.15, 0.2) is 23.0 Å². The highest BCUT2D eigenvalue weighted by Gasteiger charge is 1.98. The molecule has 0 radical (unpaired) electrons. The molecule has 1 aromatic rings. The van der Waals surface area contributed by atoms with Gasteiger partial charge in [-0.2, -0.15) is 0 Å². The van der Waals surface area contributed by atoms with Gasteiger partial charge in [-0.25, -0.2) is 0 Å². The van der Waals surface area contributed by atoms with Crippen molar-refractivity contribution in [3.8, 4) is 0 Å². The van der Waals surface area contributed by atoms with Crippen LogP contribution in [0, 0.1) is 0 Å². The summed E-state index contributed by atoms with van der Waals surface area (Å²) in [5.41, 5.74) is 5.13. The van der Waals surface area contributed by atoms with Crippen LogP contribution < -0.4 is 11.3 Å². The van der Waals surface area contributed by atoms with E-state index in [1.54, 1.807) is 6.07 Å². The van der Waals surface area contributed by atoms with Crippen LogP contribution in [-0.4, -0.2) is 10.1 Å². The first-order valence-corrected chi connectivity index (χ1v) is 2.83. The van der Waals surface area contributed by atoms with Gasteiger partial charge < -0.3 is 15.8 Å². The van der Waals surface area contributed by atoms with Gasteiger partial charge in [0.25, 0.3) is 0 Å². The minimum Gasteiger partial charge on any atom is -0.373 e. The summed E-state index contributed by atoms with van der Waals surface area (Å²) in [6, 6.07) is 4.43. The van der Waals surface area contributed by atoms with Gasteiger partial charge in [0.15, 0.2) is 0 Å². The second-order valence-electron chi connectivity index (χ2n) is 1.92. The lowest BCUT2D eigenvalue weighted by atomic mass is 10.3. The molecule has 0 aliphatic heterocycles. The Balaban J connectivity index is 3.07. The molecule has 1 rings (SSSR count). The summed E-state index contributed by atoms with van der Waals surface area (Å²) in [5, 5.41) is 8.76. The van der Waals surface area contributed by atoms with Gasteiger partial charge in [-0.15, -0.1) is 0 Å². The molecule has 0 aliphatic rings. The van der Waals surface area contributed by atoms with Crippen molar-refractivity contribution in [2.45, 2.75) is 6.23 Å². The van der Waals surface area contributed by atoms with E-state index in [0.717, 1.165) is 0 Å². The third-order valence-electron chi connectivity index (χ3n) is 1.11. The van der Waals surface area contributed by atoms with Crippen LogP contribution in [0.1, 0.15) is 11.9 Å². The largest absolute Gasteiger partial charge is 0.373 e. The van der Waals surface area contributed by atoms with Crippen molar-refractivity contribution in [1.82, 2.24) is 4.98 Å². The maximum atomic E-state index is 10.6. The number of pyridine rings is 1. The average molecular weight is 140 g/mol. The number of hydrogen-bond donors (Lipinski definition) is 3. The Bertz CT molecular complexity index is 266. The molecule has 0 fully saturated rings. The van der Waals surface area contributed by atoms with Crippen molar-refractivity contribution in [3.63, 3.8) is 0 Å². The van der Waals surface area contributed by atoms with Crippen molar-refractivity contribution in [2.75, 3.05) is 0 Å². The van der Waals surface area contributed by atoms with Gasteiger partial charge in [-0.05, 0) is 6.07 Å². The first-order chi connectivity index (χ1) is 4.70. The van der Waals surface area contributed by atoms with Crippen molar-refractivity contribution in [1.29, 1.82) is 0 Å². The van der Waals surface area contributed by atoms with Gasteiger partial charge in [-0.1, -0.05) is 6.07 Å². The van der Waals surface area contributed by atoms with Gasteiger partial charge in [0.2, 0.25) is 5.56 Å². The molecule has 1 unspecified atom stereocenters. The minimum atomic E-state index is -1.10. The highest BCUT2D eigenvalue weighted by atomic mass is 16.3. The lowest BCUT2D eigenvalue weighted by molar-refractivity contribution is 0.181. The van der Waals surface area contributed by atoms with E-state index < -0.39 is 6.23 Å². The van der Waals surface area contributed by atoms with E-state index in [0.29, 0.717) is 5.69 Å². The second kappa shape index (κ2) is 2.64. The molecule has 54 valence electrons. The zero-order valence-electron chi connectivity index (χ0n) is 5.24. The third-order valence-corrected chi connectivity index (χ3v) is 1.11. The van der Waals surface area contributed by atoms with Crippen molar-refractivity contribution >= 4 is 0 Å². The van der Waals surface area contributed by atoms with Crippen molar-refractivity contribution in [2.24, 2.45) is 5.73 Å². The van der Waals surface area contributed by atoms with Crippen LogP contribution in [0.25, 0.3) is 0 Å². The zero-order valence-corrected chi connectivity index (χ0v) is 5.24. The fraction of sp³-hybridized carbons (Fsp3) is 0.167. The Morgan fingerprint density at radius 1 is 1.60 bits per heavy atom. The summed E-state index contributed by atoms with van der Waals surface area (Å²) < 4.78 is 0. The number of hydrogen-bond acceptors (Lipinski definition) is 3. The molecule has 0 saturated heterocycles. The summed E-state index contributed by atoms with van der Waals surface area (Å²) in [5.74, 6) is 0. The number of aliphatic hydroxyl groups is 1. The molecule has 0 saturated carbocycles. The number of aromatic nitrogens is 1. The Morgan fingerprint density at radius 2 is 2.30 bits per heavy atom. The molecule has 1 aromatic heterocycles. The minimum absolute atomic E-state index is 0.262. The van der Waals surface area contributed by atoms with Crippen LogP contribution in [0.2, 0.25) is 0 Å². The van der Waals surface area contributed by atoms with E-state index >= 15 is 0 Å². The number of rotatable bonds is 1. The predicted octanol–water partition coefficient (Wildman–Crippen LogP) is -0.676. The lowest BCUT2D eigenvalue weighted by Crippen LogP contribution is -2.15. The van der Waals surface area contributed by atoms with Gasteiger partial charge >= 0.3 is 0 Å². The fourth-order valence-electron chi connectivity index (χ4n) is 0.637.